The van der Waals surface area contributed by atoms with Crippen molar-refractivity contribution in [3.05, 3.63) is 64.6 Å². The number of ether oxygens (including phenoxy) is 1. The second-order valence-corrected chi connectivity index (χ2v) is 12.2. The molecule has 1 aromatic carbocycles. The summed E-state index contributed by atoms with van der Waals surface area (Å²) in [5.41, 5.74) is 2.62. The van der Waals surface area contributed by atoms with Crippen LogP contribution in [0.5, 0.6) is 5.75 Å². The molecular formula is C26H32N3O2PS. The molecule has 0 saturated carbocycles. The van der Waals surface area contributed by atoms with Gasteiger partial charge in [-0.05, 0) is 63.8 Å². The fourth-order valence-electron chi connectivity index (χ4n) is 4.19. The first-order chi connectivity index (χ1) is 15.8. The topological polar surface area (TPSA) is 47.4 Å². The first kappa shape index (κ1) is 23.9. The maximum absolute atomic E-state index is 13.3. The minimum Gasteiger partial charge on any atom is -0.484 e. The van der Waals surface area contributed by atoms with E-state index in [0.717, 1.165) is 47.0 Å². The molecule has 0 saturated heterocycles. The summed E-state index contributed by atoms with van der Waals surface area (Å²) in [6, 6.07) is 8.06. The Balaban J connectivity index is 1.63. The molecule has 2 atom stereocenters. The van der Waals surface area contributed by atoms with Crippen LogP contribution in [0.4, 0.5) is 0 Å². The third-order valence-electron chi connectivity index (χ3n) is 5.97. The molecule has 0 spiro atoms. The normalized spacial score (nSPS) is 18.2. The molecule has 0 radical (unpaired) electrons. The van der Waals surface area contributed by atoms with Crippen LogP contribution >= 0.6 is 19.3 Å². The predicted octanol–water partition coefficient (Wildman–Crippen LogP) is 5.47. The molecule has 4 rings (SSSR count). The summed E-state index contributed by atoms with van der Waals surface area (Å²) in [5, 5.41) is 1.22. The standard InChI is InChI=1S/C26H32N3O2PS/c1-7-9-18(5)23-13-20-25(33-23)26(30)29(16-27-20)19-10-11-21-22(12-19)32(6)24(31-21)15-28(8-2)14-17(3)4/h7,9-13,16-17,24H,1,8,14-15H2,2-6H3/b18-9+. The number of likely N-dealkylation sites (N-methyl/N-ethyl adjacent to an activating group) is 1. The van der Waals surface area contributed by atoms with Crippen LogP contribution in [-0.4, -0.2) is 46.6 Å². The van der Waals surface area contributed by atoms with E-state index in [-0.39, 0.29) is 11.4 Å². The van der Waals surface area contributed by atoms with Crippen LogP contribution in [0.25, 0.3) is 21.5 Å². The van der Waals surface area contributed by atoms with Crippen LogP contribution in [-0.2, 0) is 0 Å². The van der Waals surface area contributed by atoms with Crippen LogP contribution in [0, 0.1) is 5.92 Å². The van der Waals surface area contributed by atoms with Crippen molar-refractivity contribution in [3.63, 3.8) is 0 Å². The van der Waals surface area contributed by atoms with Crippen LogP contribution in [0.2, 0.25) is 0 Å². The largest absolute Gasteiger partial charge is 0.484 e. The smallest absolute Gasteiger partial charge is 0.275 e. The van der Waals surface area contributed by atoms with Crippen molar-refractivity contribution >= 4 is 40.4 Å². The Morgan fingerprint density at radius 2 is 2.18 bits per heavy atom. The van der Waals surface area contributed by atoms with E-state index < -0.39 is 7.92 Å². The van der Waals surface area contributed by atoms with Crippen molar-refractivity contribution in [2.24, 2.45) is 5.92 Å². The molecule has 3 aromatic rings. The molecule has 5 nitrogen and oxygen atoms in total. The number of hydrogen-bond donors (Lipinski definition) is 0. The van der Waals surface area contributed by atoms with Crippen molar-refractivity contribution in [2.75, 3.05) is 26.3 Å². The summed E-state index contributed by atoms with van der Waals surface area (Å²) in [4.78, 5) is 21.4. The third-order valence-corrected chi connectivity index (χ3v) is 9.46. The molecule has 0 N–H and O–H groups in total. The monoisotopic (exact) mass is 481 g/mol. The molecule has 1 aliphatic heterocycles. The first-order valence-electron chi connectivity index (χ1n) is 11.4. The second kappa shape index (κ2) is 9.92. The Hall–Kier alpha value is -2.27. The maximum atomic E-state index is 13.3. The van der Waals surface area contributed by atoms with Gasteiger partial charge in [-0.15, -0.1) is 11.3 Å². The van der Waals surface area contributed by atoms with Gasteiger partial charge >= 0.3 is 0 Å². The van der Waals surface area contributed by atoms with Crippen LogP contribution in [0.15, 0.2) is 54.1 Å². The van der Waals surface area contributed by atoms with Crippen LogP contribution < -0.4 is 15.6 Å². The highest BCUT2D eigenvalue weighted by atomic mass is 32.1. The van der Waals surface area contributed by atoms with Gasteiger partial charge in [-0.1, -0.05) is 39.5 Å². The molecule has 2 unspecified atom stereocenters. The van der Waals surface area contributed by atoms with Crippen LogP contribution in [0.1, 0.15) is 32.6 Å². The average molecular weight is 482 g/mol. The molecule has 7 heteroatoms. The van der Waals surface area contributed by atoms with Crippen molar-refractivity contribution in [1.29, 1.82) is 0 Å². The average Bonchev–Trinajstić information content (AvgIpc) is 3.35. The summed E-state index contributed by atoms with van der Waals surface area (Å²) in [5.74, 6) is 1.76. The number of benzene rings is 1. The van der Waals surface area contributed by atoms with E-state index in [1.165, 1.54) is 16.6 Å². The molecule has 1 aliphatic rings. The molecule has 0 fully saturated rings. The van der Waals surface area contributed by atoms with Crippen molar-refractivity contribution < 1.29 is 4.74 Å². The minimum absolute atomic E-state index is 0.0346. The Morgan fingerprint density at radius 3 is 2.88 bits per heavy atom. The lowest BCUT2D eigenvalue weighted by atomic mass is 10.2. The number of hydrogen-bond acceptors (Lipinski definition) is 5. The maximum Gasteiger partial charge on any atom is 0.275 e. The molecule has 0 bridgehead atoms. The van der Waals surface area contributed by atoms with Gasteiger partial charge in [-0.3, -0.25) is 14.3 Å². The number of allylic oxidation sites excluding steroid dienone is 3. The third kappa shape index (κ3) is 4.84. The van der Waals surface area contributed by atoms with E-state index in [0.29, 0.717) is 10.6 Å². The lowest BCUT2D eigenvalue weighted by Crippen LogP contribution is -2.35. The SMILES string of the molecule is C=C/C=C(\C)c1cc2ncn(-c3ccc4c(c3)P(C)C(CN(CC)CC(C)C)O4)c(=O)c2s1. The van der Waals surface area contributed by atoms with Gasteiger partial charge < -0.3 is 4.74 Å². The number of nitrogens with zero attached hydrogens (tertiary/aromatic N) is 3. The summed E-state index contributed by atoms with van der Waals surface area (Å²) >= 11 is 1.48. The second-order valence-electron chi connectivity index (χ2n) is 8.91. The number of rotatable bonds is 8. The molecule has 0 amide bonds. The fourth-order valence-corrected chi connectivity index (χ4v) is 7.08. The molecule has 33 heavy (non-hydrogen) atoms. The Bertz CT molecular complexity index is 1260. The Morgan fingerprint density at radius 1 is 1.39 bits per heavy atom. The highest BCUT2D eigenvalue weighted by Gasteiger charge is 2.32. The minimum atomic E-state index is -0.481. The highest BCUT2D eigenvalue weighted by molar-refractivity contribution is 7.66. The Kier molecular flexibility index (Phi) is 7.18. The van der Waals surface area contributed by atoms with Crippen molar-refractivity contribution in [2.45, 2.75) is 33.5 Å². The van der Waals surface area contributed by atoms with Gasteiger partial charge in [0, 0.05) is 23.3 Å². The summed E-state index contributed by atoms with van der Waals surface area (Å²) in [7, 11) is -0.481. The fraction of sp³-hybridized carbons (Fsp3) is 0.385. The Labute approximate surface area is 201 Å². The lowest BCUT2D eigenvalue weighted by molar-refractivity contribution is 0.183. The van der Waals surface area contributed by atoms with Gasteiger partial charge in [0.15, 0.2) is 0 Å². The zero-order valence-corrected chi connectivity index (χ0v) is 21.7. The lowest BCUT2D eigenvalue weighted by Gasteiger charge is -2.27. The van der Waals surface area contributed by atoms with Crippen LogP contribution in [0.3, 0.4) is 0 Å². The van der Waals surface area contributed by atoms with E-state index in [1.54, 1.807) is 17.0 Å². The number of fused-ring (bicyclic) bond motifs is 2. The van der Waals surface area contributed by atoms with Gasteiger partial charge in [0.25, 0.3) is 5.56 Å². The van der Waals surface area contributed by atoms with Gasteiger partial charge in [-0.2, -0.15) is 0 Å². The molecule has 0 aliphatic carbocycles. The van der Waals surface area contributed by atoms with E-state index in [1.807, 2.05) is 31.2 Å². The summed E-state index contributed by atoms with van der Waals surface area (Å²) < 4.78 is 8.68. The van der Waals surface area contributed by atoms with Gasteiger partial charge in [0.05, 0.1) is 11.2 Å². The molecule has 174 valence electrons. The highest BCUT2D eigenvalue weighted by Crippen LogP contribution is 2.47. The van der Waals surface area contributed by atoms with Gasteiger partial charge in [0.1, 0.15) is 22.6 Å². The van der Waals surface area contributed by atoms with Crippen molar-refractivity contribution in [1.82, 2.24) is 14.5 Å². The zero-order valence-electron chi connectivity index (χ0n) is 20.0. The molecule has 2 aromatic heterocycles. The van der Waals surface area contributed by atoms with Gasteiger partial charge in [0.2, 0.25) is 0 Å². The summed E-state index contributed by atoms with van der Waals surface area (Å²) in [6.07, 6.45) is 5.35. The van der Waals surface area contributed by atoms with Gasteiger partial charge in [-0.25, -0.2) is 4.98 Å². The van der Waals surface area contributed by atoms with E-state index >= 15 is 0 Å². The van der Waals surface area contributed by atoms with E-state index in [2.05, 4.69) is 50.0 Å². The first-order valence-corrected chi connectivity index (χ1v) is 14.1. The molecule has 3 heterocycles. The quantitative estimate of drug-likeness (QED) is 0.316. The predicted molar refractivity (Wildman–Crippen MR) is 143 cm³/mol. The zero-order chi connectivity index (χ0) is 23.7. The number of thiophene rings is 1. The summed E-state index contributed by atoms with van der Waals surface area (Å²) in [6.45, 7) is 17.8. The van der Waals surface area contributed by atoms with E-state index in [4.69, 9.17) is 4.74 Å². The number of aromatic nitrogens is 2. The molecular weight excluding hydrogens is 449 g/mol. The van der Waals surface area contributed by atoms with Crippen molar-refractivity contribution in [3.8, 4) is 11.4 Å². The van der Waals surface area contributed by atoms with E-state index in [9.17, 15) is 4.79 Å².